The van der Waals surface area contributed by atoms with Crippen LogP contribution >= 0.6 is 0 Å². The molecule has 0 aliphatic heterocycles. The fraction of sp³-hybridized carbons (Fsp3) is 1.00. The van der Waals surface area contributed by atoms with Crippen molar-refractivity contribution in [3.8, 4) is 0 Å². The maximum Gasteiger partial charge on any atom is 0.225 e. The average molecular weight is 194 g/mol. The maximum atomic E-state index is 11.1. The molecule has 0 radical (unpaired) electrons. The quantitative estimate of drug-likeness (QED) is 0.676. The molecular formula is C7H18N2O2S. The van der Waals surface area contributed by atoms with E-state index < -0.39 is 15.4 Å². The first-order valence-corrected chi connectivity index (χ1v) is 5.55. The summed E-state index contributed by atoms with van der Waals surface area (Å²) in [6.07, 6.45) is 0. The molecule has 1 unspecified atom stereocenters. The minimum Gasteiger partial charge on any atom is -0.300 e. The number of sulfonamides is 1. The van der Waals surface area contributed by atoms with Crippen LogP contribution in [0.2, 0.25) is 0 Å². The lowest BCUT2D eigenvalue weighted by atomic mass is 9.96. The minimum atomic E-state index is -3.50. The van der Waals surface area contributed by atoms with E-state index in [1.54, 1.807) is 0 Å². The van der Waals surface area contributed by atoms with Crippen molar-refractivity contribution in [2.75, 3.05) is 6.54 Å². The van der Waals surface area contributed by atoms with E-state index in [-0.39, 0.29) is 5.41 Å². The summed E-state index contributed by atoms with van der Waals surface area (Å²) >= 11 is 0. The van der Waals surface area contributed by atoms with E-state index >= 15 is 0 Å². The van der Waals surface area contributed by atoms with Gasteiger partial charge in [0.15, 0.2) is 0 Å². The molecule has 0 fully saturated rings. The second-order valence-corrected chi connectivity index (χ2v) is 5.54. The van der Waals surface area contributed by atoms with E-state index in [0.717, 1.165) is 0 Å². The topological polar surface area (TPSA) is 72.2 Å². The summed E-state index contributed by atoms with van der Waals surface area (Å²) in [5.41, 5.74) is -0.371. The number of hydrogen-bond acceptors (Lipinski definition) is 3. The highest BCUT2D eigenvalue weighted by Crippen LogP contribution is 2.21. The average Bonchev–Trinajstić information content (AvgIpc) is 1.77. The normalized spacial score (nSPS) is 16.1. The monoisotopic (exact) mass is 194 g/mol. The summed E-state index contributed by atoms with van der Waals surface area (Å²) in [5, 5.41) is 7.24. The summed E-state index contributed by atoms with van der Waals surface area (Å²) in [5.74, 6) is 0. The molecule has 0 bridgehead atoms. The van der Waals surface area contributed by atoms with Gasteiger partial charge in [-0.25, -0.2) is 13.6 Å². The van der Waals surface area contributed by atoms with Crippen molar-refractivity contribution >= 4 is 10.0 Å². The molecule has 5 heteroatoms. The lowest BCUT2D eigenvalue weighted by molar-refractivity contribution is 0.338. The van der Waals surface area contributed by atoms with Crippen LogP contribution in [0.4, 0.5) is 0 Å². The summed E-state index contributed by atoms with van der Waals surface area (Å²) in [6, 6.07) is 0. The van der Waals surface area contributed by atoms with Crippen molar-refractivity contribution in [3.63, 3.8) is 0 Å². The van der Waals surface area contributed by atoms with Crippen LogP contribution in [0.5, 0.6) is 0 Å². The SMILES string of the molecule is CCNC(C(C)(C)C)S(N)(=O)=O. The third-order valence-corrected chi connectivity index (χ3v) is 3.04. The molecule has 0 aliphatic rings. The van der Waals surface area contributed by atoms with Crippen LogP contribution in [-0.4, -0.2) is 20.3 Å². The second kappa shape index (κ2) is 3.72. The highest BCUT2D eigenvalue weighted by Gasteiger charge is 2.32. The molecule has 0 rings (SSSR count). The minimum absolute atomic E-state index is 0.371. The fourth-order valence-electron chi connectivity index (χ4n) is 1.10. The highest BCUT2D eigenvalue weighted by atomic mass is 32.2. The van der Waals surface area contributed by atoms with Crippen molar-refractivity contribution in [1.29, 1.82) is 0 Å². The second-order valence-electron chi connectivity index (χ2n) is 3.89. The van der Waals surface area contributed by atoms with E-state index in [1.165, 1.54) is 0 Å². The van der Waals surface area contributed by atoms with E-state index in [2.05, 4.69) is 5.32 Å². The standard InChI is InChI=1S/C7H18N2O2S/c1-5-9-6(7(2,3)4)12(8,10)11/h6,9H,5H2,1-4H3,(H2,8,10,11). The summed E-state index contributed by atoms with van der Waals surface area (Å²) in [7, 11) is -3.50. The zero-order valence-corrected chi connectivity index (χ0v) is 8.90. The Morgan fingerprint density at radius 2 is 1.83 bits per heavy atom. The van der Waals surface area contributed by atoms with Gasteiger partial charge in [-0.15, -0.1) is 0 Å². The summed E-state index contributed by atoms with van der Waals surface area (Å²) in [4.78, 5) is 0. The molecular weight excluding hydrogens is 176 g/mol. The van der Waals surface area contributed by atoms with Crippen molar-refractivity contribution in [3.05, 3.63) is 0 Å². The molecule has 0 aromatic heterocycles. The van der Waals surface area contributed by atoms with E-state index in [4.69, 9.17) is 5.14 Å². The van der Waals surface area contributed by atoms with Crippen molar-refractivity contribution in [1.82, 2.24) is 5.32 Å². The molecule has 3 N–H and O–H groups in total. The van der Waals surface area contributed by atoms with Gasteiger partial charge in [0.25, 0.3) is 0 Å². The molecule has 4 nitrogen and oxygen atoms in total. The summed E-state index contributed by atoms with van der Waals surface area (Å²) in [6.45, 7) is 7.96. The molecule has 0 aromatic carbocycles. The van der Waals surface area contributed by atoms with Gasteiger partial charge >= 0.3 is 0 Å². The van der Waals surface area contributed by atoms with Crippen LogP contribution in [0.1, 0.15) is 27.7 Å². The van der Waals surface area contributed by atoms with Crippen LogP contribution in [0.15, 0.2) is 0 Å². The van der Waals surface area contributed by atoms with Crippen LogP contribution < -0.4 is 10.5 Å². The third kappa shape index (κ3) is 3.51. The zero-order chi connectivity index (χ0) is 9.99. The lowest BCUT2D eigenvalue weighted by Crippen LogP contribution is -2.49. The van der Waals surface area contributed by atoms with E-state index in [1.807, 2.05) is 27.7 Å². The molecule has 0 heterocycles. The van der Waals surface area contributed by atoms with Gasteiger partial charge in [-0.2, -0.15) is 0 Å². The molecule has 74 valence electrons. The van der Waals surface area contributed by atoms with Gasteiger partial charge in [-0.1, -0.05) is 27.7 Å². The Balaban J connectivity index is 4.70. The van der Waals surface area contributed by atoms with Crippen LogP contribution in [0.25, 0.3) is 0 Å². The Labute approximate surface area is 74.6 Å². The van der Waals surface area contributed by atoms with Crippen molar-refractivity contribution < 1.29 is 8.42 Å². The Morgan fingerprint density at radius 3 is 1.92 bits per heavy atom. The molecule has 12 heavy (non-hydrogen) atoms. The van der Waals surface area contributed by atoms with Crippen LogP contribution in [0.3, 0.4) is 0 Å². The predicted molar refractivity (Wildman–Crippen MR) is 50.0 cm³/mol. The van der Waals surface area contributed by atoms with Gasteiger partial charge in [0.05, 0.1) is 0 Å². The zero-order valence-electron chi connectivity index (χ0n) is 8.09. The summed E-state index contributed by atoms with van der Waals surface area (Å²) < 4.78 is 22.2. The first-order valence-electron chi connectivity index (χ1n) is 3.94. The molecule has 1 atom stereocenters. The largest absolute Gasteiger partial charge is 0.300 e. The predicted octanol–water partition coefficient (Wildman–Crippen LogP) is 0.257. The number of nitrogens with two attached hydrogens (primary N) is 1. The maximum absolute atomic E-state index is 11.1. The molecule has 0 aromatic rings. The van der Waals surface area contributed by atoms with Crippen molar-refractivity contribution in [2.24, 2.45) is 10.6 Å². The molecule has 0 saturated carbocycles. The Hall–Kier alpha value is -0.130. The van der Waals surface area contributed by atoms with Gasteiger partial charge in [-0.3, -0.25) is 5.32 Å². The van der Waals surface area contributed by atoms with Gasteiger partial charge in [0.2, 0.25) is 10.0 Å². The Kier molecular flexibility index (Phi) is 3.68. The van der Waals surface area contributed by atoms with Gasteiger partial charge < -0.3 is 0 Å². The van der Waals surface area contributed by atoms with Gasteiger partial charge in [-0.05, 0) is 12.0 Å². The fourth-order valence-corrected chi connectivity index (χ4v) is 2.49. The van der Waals surface area contributed by atoms with Gasteiger partial charge in [0.1, 0.15) is 5.37 Å². The van der Waals surface area contributed by atoms with Crippen molar-refractivity contribution in [2.45, 2.75) is 33.1 Å². The van der Waals surface area contributed by atoms with Crippen LogP contribution in [0, 0.1) is 5.41 Å². The van der Waals surface area contributed by atoms with E-state index in [0.29, 0.717) is 6.54 Å². The third-order valence-electron chi connectivity index (χ3n) is 1.50. The van der Waals surface area contributed by atoms with Gasteiger partial charge in [0, 0.05) is 0 Å². The Bertz CT molecular complexity index is 228. The van der Waals surface area contributed by atoms with Crippen LogP contribution in [-0.2, 0) is 10.0 Å². The Morgan fingerprint density at radius 1 is 1.42 bits per heavy atom. The molecule has 0 saturated heterocycles. The first kappa shape index (κ1) is 11.9. The number of hydrogen-bond donors (Lipinski definition) is 2. The molecule has 0 aliphatic carbocycles. The van der Waals surface area contributed by atoms with E-state index in [9.17, 15) is 8.42 Å². The smallest absolute Gasteiger partial charge is 0.225 e. The number of rotatable bonds is 3. The molecule has 0 spiro atoms. The number of primary sulfonamides is 1. The molecule has 0 amide bonds. The highest BCUT2D eigenvalue weighted by molar-refractivity contribution is 7.89. The lowest BCUT2D eigenvalue weighted by Gasteiger charge is -2.28. The number of nitrogens with one attached hydrogen (secondary N) is 1. The first-order chi connectivity index (χ1) is 5.19.